The zero-order valence-corrected chi connectivity index (χ0v) is 21.3. The molecule has 1 aliphatic carbocycles. The Morgan fingerprint density at radius 1 is 1.11 bits per heavy atom. The number of carbonyl (C=O) groups excluding carboxylic acids is 1. The van der Waals surface area contributed by atoms with Crippen LogP contribution < -0.4 is 25.6 Å². The molecule has 0 bridgehead atoms. The summed E-state index contributed by atoms with van der Waals surface area (Å²) in [5.41, 5.74) is 11.0. The van der Waals surface area contributed by atoms with Gasteiger partial charge in [-0.25, -0.2) is 4.79 Å². The third-order valence-corrected chi connectivity index (χ3v) is 6.48. The summed E-state index contributed by atoms with van der Waals surface area (Å²) >= 11 is 5.56. The number of thiocarbonyl (C=S) groups is 1. The number of benzene rings is 2. The summed E-state index contributed by atoms with van der Waals surface area (Å²) in [5, 5.41) is 3.72. The molecule has 2 aromatic carbocycles. The second-order valence-electron chi connectivity index (χ2n) is 9.06. The predicted molar refractivity (Wildman–Crippen MR) is 141 cm³/mol. The van der Waals surface area contributed by atoms with Gasteiger partial charge in [0.15, 0.2) is 11.7 Å². The standard InChI is InChI=1S/C27H33N3O4S/c1-4-32-25(31)17-33-20-10-11-24-21(15-20)23(16-27(34-24)12-6-5-7-13-27)29-30-26(35)28-22-14-18(2)8-9-19(22)3/h8-11,14-16,29H,4-7,12-13,17H2,1-3H3,(H2,28,30,35). The third-order valence-electron chi connectivity index (χ3n) is 6.28. The third kappa shape index (κ3) is 6.25. The second-order valence-corrected chi connectivity index (χ2v) is 9.47. The van der Waals surface area contributed by atoms with E-state index in [1.54, 1.807) is 6.92 Å². The molecule has 1 fully saturated rings. The molecule has 4 rings (SSSR count). The minimum atomic E-state index is -0.402. The van der Waals surface area contributed by atoms with Gasteiger partial charge in [-0.1, -0.05) is 18.6 Å². The van der Waals surface area contributed by atoms with E-state index in [0.717, 1.165) is 59.5 Å². The Morgan fingerprint density at radius 2 is 1.91 bits per heavy atom. The first-order chi connectivity index (χ1) is 16.9. The average Bonchev–Trinajstić information content (AvgIpc) is 2.84. The number of ether oxygens (including phenoxy) is 3. The largest absolute Gasteiger partial charge is 0.482 e. The van der Waals surface area contributed by atoms with Crippen molar-refractivity contribution in [2.24, 2.45) is 0 Å². The van der Waals surface area contributed by atoms with Gasteiger partial charge >= 0.3 is 5.97 Å². The SMILES string of the molecule is CCOC(=O)COc1ccc2c(c1)C(NNC(=S)Nc1cc(C)ccc1C)=CC1(CCCCC1)O2. The van der Waals surface area contributed by atoms with Crippen LogP contribution in [-0.4, -0.2) is 29.9 Å². The Hall–Kier alpha value is -3.26. The van der Waals surface area contributed by atoms with Crippen molar-refractivity contribution in [3.63, 3.8) is 0 Å². The van der Waals surface area contributed by atoms with Crippen LogP contribution in [0.3, 0.4) is 0 Å². The molecule has 7 nitrogen and oxygen atoms in total. The fourth-order valence-electron chi connectivity index (χ4n) is 4.48. The molecule has 2 aliphatic rings. The molecule has 8 heteroatoms. The summed E-state index contributed by atoms with van der Waals surface area (Å²) in [7, 11) is 0. The summed E-state index contributed by atoms with van der Waals surface area (Å²) in [6, 6.07) is 11.8. The first kappa shape index (κ1) is 24.9. The number of aryl methyl sites for hydroxylation is 2. The minimum absolute atomic E-state index is 0.147. The molecule has 186 valence electrons. The Kier molecular flexibility index (Phi) is 7.80. The molecule has 0 atom stereocenters. The number of rotatable bonds is 7. The lowest BCUT2D eigenvalue weighted by Gasteiger charge is -2.39. The highest BCUT2D eigenvalue weighted by molar-refractivity contribution is 7.80. The smallest absolute Gasteiger partial charge is 0.344 e. The van der Waals surface area contributed by atoms with Crippen LogP contribution in [0.25, 0.3) is 5.70 Å². The fourth-order valence-corrected chi connectivity index (χ4v) is 4.64. The zero-order chi connectivity index (χ0) is 24.8. The van der Waals surface area contributed by atoms with Crippen LogP contribution in [0.4, 0.5) is 5.69 Å². The average molecular weight is 496 g/mol. The first-order valence-corrected chi connectivity index (χ1v) is 12.5. The van der Waals surface area contributed by atoms with Crippen molar-refractivity contribution in [2.75, 3.05) is 18.5 Å². The Morgan fingerprint density at radius 3 is 2.69 bits per heavy atom. The Labute approximate surface area is 212 Å². The van der Waals surface area contributed by atoms with Crippen LogP contribution in [0.15, 0.2) is 42.5 Å². The summed E-state index contributed by atoms with van der Waals surface area (Å²) in [6.07, 6.45) is 7.54. The lowest BCUT2D eigenvalue weighted by atomic mass is 9.82. The topological polar surface area (TPSA) is 80.9 Å². The molecule has 1 aliphatic heterocycles. The Bertz CT molecular complexity index is 1130. The summed E-state index contributed by atoms with van der Waals surface area (Å²) in [4.78, 5) is 11.7. The second kappa shape index (κ2) is 11.0. The van der Waals surface area contributed by atoms with Gasteiger partial charge in [0.2, 0.25) is 0 Å². The van der Waals surface area contributed by atoms with E-state index in [2.05, 4.69) is 40.4 Å². The molecule has 0 aromatic heterocycles. The van der Waals surface area contributed by atoms with E-state index < -0.39 is 5.97 Å². The molecule has 35 heavy (non-hydrogen) atoms. The maximum Gasteiger partial charge on any atom is 0.344 e. The molecule has 1 saturated carbocycles. The number of hydrogen-bond acceptors (Lipinski definition) is 6. The van der Waals surface area contributed by atoms with Crippen LogP contribution >= 0.6 is 12.2 Å². The van der Waals surface area contributed by atoms with Crippen molar-refractivity contribution in [2.45, 2.75) is 58.5 Å². The van der Waals surface area contributed by atoms with Gasteiger partial charge in [0.1, 0.15) is 17.1 Å². The summed E-state index contributed by atoms with van der Waals surface area (Å²) in [5.74, 6) is 0.931. The van der Waals surface area contributed by atoms with Crippen molar-refractivity contribution in [3.8, 4) is 11.5 Å². The van der Waals surface area contributed by atoms with Crippen molar-refractivity contribution in [3.05, 3.63) is 59.2 Å². The van der Waals surface area contributed by atoms with Gasteiger partial charge < -0.3 is 19.5 Å². The minimum Gasteiger partial charge on any atom is -0.482 e. The van der Waals surface area contributed by atoms with E-state index in [-0.39, 0.29) is 12.2 Å². The molecule has 0 radical (unpaired) electrons. The van der Waals surface area contributed by atoms with Gasteiger partial charge in [0, 0.05) is 11.3 Å². The van der Waals surface area contributed by atoms with Crippen LogP contribution in [0, 0.1) is 13.8 Å². The molecule has 0 saturated heterocycles. The van der Waals surface area contributed by atoms with Crippen molar-refractivity contribution in [1.82, 2.24) is 10.9 Å². The number of nitrogens with one attached hydrogen (secondary N) is 3. The van der Waals surface area contributed by atoms with Crippen LogP contribution in [0.1, 0.15) is 55.7 Å². The molecule has 1 spiro atoms. The van der Waals surface area contributed by atoms with E-state index >= 15 is 0 Å². The van der Waals surface area contributed by atoms with Gasteiger partial charge in [-0.3, -0.25) is 10.9 Å². The Balaban J connectivity index is 1.52. The normalized spacial score (nSPS) is 15.8. The lowest BCUT2D eigenvalue weighted by molar-refractivity contribution is -0.145. The van der Waals surface area contributed by atoms with Crippen LogP contribution in [-0.2, 0) is 9.53 Å². The van der Waals surface area contributed by atoms with E-state index in [0.29, 0.717) is 17.5 Å². The highest BCUT2D eigenvalue weighted by atomic mass is 32.1. The molecular weight excluding hydrogens is 462 g/mol. The van der Waals surface area contributed by atoms with E-state index in [9.17, 15) is 4.79 Å². The highest BCUT2D eigenvalue weighted by Gasteiger charge is 2.37. The van der Waals surface area contributed by atoms with Crippen LogP contribution in [0.5, 0.6) is 11.5 Å². The lowest BCUT2D eigenvalue weighted by Crippen LogP contribution is -2.44. The zero-order valence-electron chi connectivity index (χ0n) is 20.5. The van der Waals surface area contributed by atoms with Crippen molar-refractivity contribution < 1.29 is 19.0 Å². The first-order valence-electron chi connectivity index (χ1n) is 12.1. The summed E-state index contributed by atoms with van der Waals surface area (Å²) < 4.78 is 17.1. The maximum atomic E-state index is 11.7. The number of carbonyl (C=O) groups is 1. The number of hydrazine groups is 1. The monoisotopic (exact) mass is 495 g/mol. The van der Waals surface area contributed by atoms with Gasteiger partial charge in [0.25, 0.3) is 0 Å². The van der Waals surface area contributed by atoms with Gasteiger partial charge in [-0.05, 0) is 100 Å². The number of anilines is 1. The molecule has 0 amide bonds. The number of hydrogen-bond donors (Lipinski definition) is 3. The van der Waals surface area contributed by atoms with Crippen molar-refractivity contribution in [1.29, 1.82) is 0 Å². The van der Waals surface area contributed by atoms with Crippen molar-refractivity contribution >= 4 is 34.7 Å². The highest BCUT2D eigenvalue weighted by Crippen LogP contribution is 2.43. The number of fused-ring (bicyclic) bond motifs is 1. The number of esters is 1. The van der Waals surface area contributed by atoms with E-state index in [1.807, 2.05) is 32.0 Å². The van der Waals surface area contributed by atoms with Gasteiger partial charge in [-0.2, -0.15) is 0 Å². The summed E-state index contributed by atoms with van der Waals surface area (Å²) in [6.45, 7) is 6.03. The quantitative estimate of drug-likeness (QED) is 0.276. The molecule has 3 N–H and O–H groups in total. The maximum absolute atomic E-state index is 11.7. The van der Waals surface area contributed by atoms with E-state index in [4.69, 9.17) is 26.4 Å². The van der Waals surface area contributed by atoms with Gasteiger partial charge in [0.05, 0.1) is 12.3 Å². The molecule has 0 unspecified atom stereocenters. The predicted octanol–water partition coefficient (Wildman–Crippen LogP) is 5.17. The molecular formula is C27H33N3O4S. The van der Waals surface area contributed by atoms with E-state index in [1.165, 1.54) is 6.42 Å². The fraction of sp³-hybridized carbons (Fsp3) is 0.407. The molecule has 1 heterocycles. The van der Waals surface area contributed by atoms with Gasteiger partial charge in [-0.15, -0.1) is 0 Å². The molecule has 2 aromatic rings. The van der Waals surface area contributed by atoms with Crippen LogP contribution in [0.2, 0.25) is 0 Å².